The third-order valence-corrected chi connectivity index (χ3v) is 5.82. The van der Waals surface area contributed by atoms with Crippen LogP contribution in [0.15, 0.2) is 17.5 Å². The van der Waals surface area contributed by atoms with Crippen molar-refractivity contribution in [3.8, 4) is 0 Å². The van der Waals surface area contributed by atoms with Gasteiger partial charge in [-0.3, -0.25) is 4.79 Å². The van der Waals surface area contributed by atoms with E-state index in [2.05, 4.69) is 22.4 Å². The summed E-state index contributed by atoms with van der Waals surface area (Å²) in [5.74, 6) is 0.726. The van der Waals surface area contributed by atoms with E-state index in [9.17, 15) is 4.79 Å². The van der Waals surface area contributed by atoms with Crippen molar-refractivity contribution < 1.29 is 4.79 Å². The molecule has 2 N–H and O–H groups in total. The summed E-state index contributed by atoms with van der Waals surface area (Å²) in [5, 5.41) is 2.10. The van der Waals surface area contributed by atoms with Crippen molar-refractivity contribution in [2.45, 2.75) is 57.0 Å². The number of carbonyl (C=O) groups is 1. The van der Waals surface area contributed by atoms with E-state index in [4.69, 9.17) is 5.73 Å². The van der Waals surface area contributed by atoms with E-state index in [0.717, 1.165) is 32.2 Å². The molecule has 3 nitrogen and oxygen atoms in total. The highest BCUT2D eigenvalue weighted by atomic mass is 35.5. The fourth-order valence-corrected chi connectivity index (χ4v) is 4.55. The van der Waals surface area contributed by atoms with Gasteiger partial charge in [-0.15, -0.1) is 23.7 Å². The zero-order valence-corrected chi connectivity index (χ0v) is 14.0. The predicted molar refractivity (Wildman–Crippen MR) is 89.8 cm³/mol. The molecule has 21 heavy (non-hydrogen) atoms. The number of thiophene rings is 1. The summed E-state index contributed by atoms with van der Waals surface area (Å²) in [6.45, 7) is 0.920. The second-order valence-corrected chi connectivity index (χ2v) is 7.15. The number of carbonyl (C=O) groups excluding carboxylic acids is 1. The SMILES string of the molecule is Cl.NC1CCCCC1CC(=O)N1CCCC1c1cccs1. The maximum Gasteiger partial charge on any atom is 0.223 e. The predicted octanol–water partition coefficient (Wildman–Crippen LogP) is 3.74. The van der Waals surface area contributed by atoms with Crippen molar-refractivity contribution in [1.82, 2.24) is 4.90 Å². The molecule has 1 aromatic rings. The molecule has 1 saturated carbocycles. The maximum atomic E-state index is 12.6. The highest BCUT2D eigenvalue weighted by molar-refractivity contribution is 7.10. The zero-order valence-electron chi connectivity index (χ0n) is 12.4. The van der Waals surface area contributed by atoms with Crippen molar-refractivity contribution in [2.75, 3.05) is 6.54 Å². The summed E-state index contributed by atoms with van der Waals surface area (Å²) < 4.78 is 0. The van der Waals surface area contributed by atoms with Gasteiger partial charge in [0, 0.05) is 23.9 Å². The molecule has 1 saturated heterocycles. The second-order valence-electron chi connectivity index (χ2n) is 6.17. The first-order chi connectivity index (χ1) is 9.75. The Labute approximate surface area is 137 Å². The molecule has 1 aromatic heterocycles. The van der Waals surface area contributed by atoms with Crippen molar-refractivity contribution in [3.63, 3.8) is 0 Å². The zero-order chi connectivity index (χ0) is 13.9. The molecule has 3 unspecified atom stereocenters. The van der Waals surface area contributed by atoms with Crippen molar-refractivity contribution in [1.29, 1.82) is 0 Å². The van der Waals surface area contributed by atoms with Crippen LogP contribution < -0.4 is 5.73 Å². The summed E-state index contributed by atoms with van der Waals surface area (Å²) in [6, 6.07) is 4.79. The number of amides is 1. The molecular weight excluding hydrogens is 304 g/mol. The molecule has 0 radical (unpaired) electrons. The Kier molecular flexibility index (Phi) is 6.08. The van der Waals surface area contributed by atoms with Crippen LogP contribution in [0.4, 0.5) is 0 Å². The first-order valence-electron chi connectivity index (χ1n) is 7.84. The third kappa shape index (κ3) is 3.79. The summed E-state index contributed by atoms with van der Waals surface area (Å²) in [5.41, 5.74) is 6.19. The van der Waals surface area contributed by atoms with Crippen LogP contribution in [0, 0.1) is 5.92 Å². The summed E-state index contributed by atoms with van der Waals surface area (Å²) in [7, 11) is 0. The number of hydrogen-bond donors (Lipinski definition) is 1. The highest BCUT2D eigenvalue weighted by Gasteiger charge is 2.33. The van der Waals surface area contributed by atoms with E-state index < -0.39 is 0 Å². The fraction of sp³-hybridized carbons (Fsp3) is 0.688. The minimum atomic E-state index is 0. The van der Waals surface area contributed by atoms with Gasteiger partial charge in [-0.2, -0.15) is 0 Å². The smallest absolute Gasteiger partial charge is 0.223 e. The number of nitrogens with zero attached hydrogens (tertiary/aromatic N) is 1. The van der Waals surface area contributed by atoms with Gasteiger partial charge in [-0.05, 0) is 43.0 Å². The molecule has 2 heterocycles. The molecule has 1 amide bonds. The van der Waals surface area contributed by atoms with Gasteiger partial charge in [0.05, 0.1) is 6.04 Å². The van der Waals surface area contributed by atoms with Gasteiger partial charge < -0.3 is 10.6 Å². The Morgan fingerprint density at radius 2 is 2.10 bits per heavy atom. The van der Waals surface area contributed by atoms with Gasteiger partial charge in [0.1, 0.15) is 0 Å². The monoisotopic (exact) mass is 328 g/mol. The highest BCUT2D eigenvalue weighted by Crippen LogP contribution is 2.36. The lowest BCUT2D eigenvalue weighted by molar-refractivity contribution is -0.133. The summed E-state index contributed by atoms with van der Waals surface area (Å²) in [4.78, 5) is 16.1. The average Bonchev–Trinajstić information content (AvgIpc) is 3.11. The molecule has 2 fully saturated rings. The van der Waals surface area contributed by atoms with Gasteiger partial charge in [-0.1, -0.05) is 18.9 Å². The molecule has 118 valence electrons. The van der Waals surface area contributed by atoms with E-state index in [1.165, 1.54) is 17.7 Å². The normalized spacial score (nSPS) is 29.2. The molecule has 3 rings (SSSR count). The lowest BCUT2D eigenvalue weighted by Gasteiger charge is -2.31. The van der Waals surface area contributed by atoms with Gasteiger partial charge in [0.15, 0.2) is 0 Å². The fourth-order valence-electron chi connectivity index (χ4n) is 3.67. The van der Waals surface area contributed by atoms with Crippen LogP contribution in [0.5, 0.6) is 0 Å². The average molecular weight is 329 g/mol. The molecule has 2 aliphatic rings. The van der Waals surface area contributed by atoms with Crippen LogP contribution in [0.1, 0.15) is 55.9 Å². The van der Waals surface area contributed by atoms with Crippen molar-refractivity contribution >= 4 is 29.7 Å². The molecule has 0 aromatic carbocycles. The minimum absolute atomic E-state index is 0. The molecule has 1 aliphatic heterocycles. The Hall–Kier alpha value is -0.580. The number of likely N-dealkylation sites (tertiary alicyclic amines) is 1. The quantitative estimate of drug-likeness (QED) is 0.918. The molecular formula is C16H25ClN2OS. The van der Waals surface area contributed by atoms with Crippen LogP contribution in [-0.2, 0) is 4.79 Å². The van der Waals surface area contributed by atoms with Crippen LogP contribution >= 0.6 is 23.7 Å². The van der Waals surface area contributed by atoms with Crippen LogP contribution in [-0.4, -0.2) is 23.4 Å². The molecule has 0 spiro atoms. The molecule has 5 heteroatoms. The Morgan fingerprint density at radius 3 is 2.81 bits per heavy atom. The van der Waals surface area contributed by atoms with E-state index in [0.29, 0.717) is 24.3 Å². The lowest BCUT2D eigenvalue weighted by atomic mass is 9.82. The van der Waals surface area contributed by atoms with Gasteiger partial charge in [0.25, 0.3) is 0 Å². The summed E-state index contributed by atoms with van der Waals surface area (Å²) in [6.07, 6.45) is 7.58. The lowest BCUT2D eigenvalue weighted by Crippen LogP contribution is -2.38. The minimum Gasteiger partial charge on any atom is -0.335 e. The number of halogens is 1. The number of rotatable bonds is 3. The van der Waals surface area contributed by atoms with Gasteiger partial charge in [-0.25, -0.2) is 0 Å². The Bertz CT molecular complexity index is 451. The maximum absolute atomic E-state index is 12.6. The van der Waals surface area contributed by atoms with E-state index in [1.54, 1.807) is 11.3 Å². The Balaban J connectivity index is 0.00000161. The Morgan fingerprint density at radius 1 is 1.29 bits per heavy atom. The largest absolute Gasteiger partial charge is 0.335 e. The van der Waals surface area contributed by atoms with Crippen molar-refractivity contribution in [2.24, 2.45) is 11.7 Å². The van der Waals surface area contributed by atoms with Gasteiger partial charge >= 0.3 is 0 Å². The number of hydrogen-bond acceptors (Lipinski definition) is 3. The van der Waals surface area contributed by atoms with Gasteiger partial charge in [0.2, 0.25) is 5.91 Å². The number of nitrogens with two attached hydrogens (primary N) is 1. The van der Waals surface area contributed by atoms with Crippen LogP contribution in [0.2, 0.25) is 0 Å². The van der Waals surface area contributed by atoms with E-state index in [-0.39, 0.29) is 18.4 Å². The standard InChI is InChI=1S/C16H24N2OS.ClH/c17-13-6-2-1-5-12(13)11-16(19)18-9-3-7-14(18)15-8-4-10-20-15;/h4,8,10,12-14H,1-3,5-7,9,11,17H2;1H. The van der Waals surface area contributed by atoms with Crippen molar-refractivity contribution in [3.05, 3.63) is 22.4 Å². The molecule has 3 atom stereocenters. The first-order valence-corrected chi connectivity index (χ1v) is 8.72. The van der Waals surface area contributed by atoms with E-state index in [1.807, 2.05) is 0 Å². The summed E-state index contributed by atoms with van der Waals surface area (Å²) >= 11 is 1.77. The topological polar surface area (TPSA) is 46.3 Å². The van der Waals surface area contributed by atoms with Crippen LogP contribution in [0.3, 0.4) is 0 Å². The first kappa shape index (κ1) is 16.8. The molecule has 1 aliphatic carbocycles. The third-order valence-electron chi connectivity index (χ3n) is 4.85. The van der Waals surface area contributed by atoms with Crippen LogP contribution in [0.25, 0.3) is 0 Å². The molecule has 0 bridgehead atoms. The second kappa shape index (κ2) is 7.61. The van der Waals surface area contributed by atoms with E-state index >= 15 is 0 Å².